The van der Waals surface area contributed by atoms with Crippen molar-refractivity contribution < 1.29 is 15.0 Å². The summed E-state index contributed by atoms with van der Waals surface area (Å²) in [6, 6.07) is 3.71. The average molecular weight is 275 g/mol. The summed E-state index contributed by atoms with van der Waals surface area (Å²) < 4.78 is 2.11. The van der Waals surface area contributed by atoms with Crippen LogP contribution in [0.1, 0.15) is 47.7 Å². The second-order valence-corrected chi connectivity index (χ2v) is 5.50. The van der Waals surface area contributed by atoms with Crippen LogP contribution in [-0.4, -0.2) is 27.4 Å². The lowest BCUT2D eigenvalue weighted by molar-refractivity contribution is 0.0696. The number of aliphatic hydroxyl groups excluding tert-OH is 1. The minimum absolute atomic E-state index is 0.156. The number of aliphatic hydroxyl groups is 1. The largest absolute Gasteiger partial charge is 0.478 e. The molecule has 2 N–H and O–H groups in total. The Morgan fingerprint density at radius 1 is 1.35 bits per heavy atom. The number of aromatic nitrogens is 1. The van der Waals surface area contributed by atoms with Gasteiger partial charge in [0, 0.05) is 30.3 Å². The SMILES string of the molecule is Cc1cc2c(cc1C(=O)O)c(C(C)C)cn2CCCO. The zero-order valence-corrected chi connectivity index (χ0v) is 12.2. The Morgan fingerprint density at radius 2 is 2.05 bits per heavy atom. The van der Waals surface area contributed by atoms with Gasteiger partial charge in [0.1, 0.15) is 0 Å². The lowest BCUT2D eigenvalue weighted by atomic mass is 9.99. The van der Waals surface area contributed by atoms with Gasteiger partial charge in [0.2, 0.25) is 0 Å². The second kappa shape index (κ2) is 5.67. The summed E-state index contributed by atoms with van der Waals surface area (Å²) >= 11 is 0. The smallest absolute Gasteiger partial charge is 0.335 e. The van der Waals surface area contributed by atoms with Crippen LogP contribution < -0.4 is 0 Å². The Bertz CT molecular complexity index is 641. The number of aromatic carboxylic acids is 1. The van der Waals surface area contributed by atoms with E-state index in [-0.39, 0.29) is 6.61 Å². The number of nitrogens with zero attached hydrogens (tertiary/aromatic N) is 1. The molecule has 0 bridgehead atoms. The first kappa shape index (κ1) is 14.6. The van der Waals surface area contributed by atoms with E-state index < -0.39 is 5.97 Å². The molecule has 0 aliphatic rings. The standard InChI is InChI=1S/C16H21NO3/c1-10(2)14-9-17(5-4-6-18)15-7-11(3)12(16(19)20)8-13(14)15/h7-10,18H,4-6H2,1-3H3,(H,19,20). The van der Waals surface area contributed by atoms with Crippen molar-refractivity contribution in [2.75, 3.05) is 6.61 Å². The van der Waals surface area contributed by atoms with Crippen molar-refractivity contribution >= 4 is 16.9 Å². The summed E-state index contributed by atoms with van der Waals surface area (Å²) in [5, 5.41) is 19.3. The van der Waals surface area contributed by atoms with Crippen LogP contribution in [0.3, 0.4) is 0 Å². The van der Waals surface area contributed by atoms with Crippen molar-refractivity contribution in [1.29, 1.82) is 0 Å². The molecule has 0 fully saturated rings. The Balaban J connectivity index is 2.66. The molecular formula is C16H21NO3. The predicted octanol–water partition coefficient (Wildman–Crippen LogP) is 3.15. The van der Waals surface area contributed by atoms with Crippen molar-refractivity contribution in [2.45, 2.75) is 39.7 Å². The molecule has 1 aromatic heterocycles. The van der Waals surface area contributed by atoms with Gasteiger partial charge in [0.25, 0.3) is 0 Å². The molecule has 1 aromatic carbocycles. The van der Waals surface area contributed by atoms with Crippen molar-refractivity contribution in [3.05, 3.63) is 35.0 Å². The first-order chi connectivity index (χ1) is 9.45. The highest BCUT2D eigenvalue weighted by Crippen LogP contribution is 2.30. The van der Waals surface area contributed by atoms with Crippen molar-refractivity contribution in [1.82, 2.24) is 4.57 Å². The molecule has 0 amide bonds. The van der Waals surface area contributed by atoms with Crippen molar-refractivity contribution in [2.24, 2.45) is 0 Å². The first-order valence-corrected chi connectivity index (χ1v) is 6.93. The molecule has 4 heteroatoms. The summed E-state index contributed by atoms with van der Waals surface area (Å²) in [6.45, 7) is 6.92. The fourth-order valence-corrected chi connectivity index (χ4v) is 2.59. The minimum atomic E-state index is -0.887. The molecular weight excluding hydrogens is 254 g/mol. The molecule has 0 unspecified atom stereocenters. The Labute approximate surface area is 118 Å². The van der Waals surface area contributed by atoms with Crippen molar-refractivity contribution in [3.63, 3.8) is 0 Å². The average Bonchev–Trinajstić information content (AvgIpc) is 2.73. The number of benzene rings is 1. The van der Waals surface area contributed by atoms with E-state index in [1.165, 1.54) is 0 Å². The molecule has 0 radical (unpaired) electrons. The molecule has 0 atom stereocenters. The third-order valence-electron chi connectivity index (χ3n) is 3.67. The summed E-state index contributed by atoms with van der Waals surface area (Å²) in [5.74, 6) is -0.556. The van der Waals surface area contributed by atoms with Gasteiger partial charge in [0.05, 0.1) is 5.56 Å². The fraction of sp³-hybridized carbons (Fsp3) is 0.438. The van der Waals surface area contributed by atoms with E-state index in [0.717, 1.165) is 28.6 Å². The predicted molar refractivity (Wildman–Crippen MR) is 79.4 cm³/mol. The number of carbonyl (C=O) groups is 1. The summed E-state index contributed by atoms with van der Waals surface area (Å²) in [7, 11) is 0. The van der Waals surface area contributed by atoms with E-state index in [0.29, 0.717) is 17.9 Å². The molecule has 0 aliphatic heterocycles. The molecule has 2 aromatic rings. The van der Waals surface area contributed by atoms with Crippen LogP contribution in [-0.2, 0) is 6.54 Å². The molecule has 2 rings (SSSR count). The molecule has 0 spiro atoms. The van der Waals surface area contributed by atoms with E-state index in [4.69, 9.17) is 5.11 Å². The van der Waals surface area contributed by atoms with E-state index in [1.54, 1.807) is 6.07 Å². The fourth-order valence-electron chi connectivity index (χ4n) is 2.59. The highest BCUT2D eigenvalue weighted by Gasteiger charge is 2.16. The third-order valence-corrected chi connectivity index (χ3v) is 3.67. The first-order valence-electron chi connectivity index (χ1n) is 6.93. The Hall–Kier alpha value is -1.81. The van der Waals surface area contributed by atoms with Crippen LogP contribution in [0.2, 0.25) is 0 Å². The number of carboxylic acid groups (broad SMARTS) is 1. The van der Waals surface area contributed by atoms with Gasteiger partial charge in [-0.1, -0.05) is 13.8 Å². The maximum absolute atomic E-state index is 11.3. The van der Waals surface area contributed by atoms with Gasteiger partial charge in [-0.3, -0.25) is 0 Å². The number of fused-ring (bicyclic) bond motifs is 1. The summed E-state index contributed by atoms with van der Waals surface area (Å²) in [6.07, 6.45) is 2.77. The lowest BCUT2D eigenvalue weighted by Crippen LogP contribution is -2.01. The van der Waals surface area contributed by atoms with Crippen LogP contribution in [0.25, 0.3) is 10.9 Å². The molecule has 4 nitrogen and oxygen atoms in total. The molecule has 0 aliphatic carbocycles. The van der Waals surface area contributed by atoms with Gasteiger partial charge in [0.15, 0.2) is 0 Å². The van der Waals surface area contributed by atoms with E-state index in [9.17, 15) is 9.90 Å². The number of hydrogen-bond acceptors (Lipinski definition) is 2. The highest BCUT2D eigenvalue weighted by atomic mass is 16.4. The maximum atomic E-state index is 11.3. The van der Waals surface area contributed by atoms with E-state index >= 15 is 0 Å². The quantitative estimate of drug-likeness (QED) is 0.881. The van der Waals surface area contributed by atoms with Crippen LogP contribution in [0.15, 0.2) is 18.3 Å². The van der Waals surface area contributed by atoms with Crippen molar-refractivity contribution in [3.8, 4) is 0 Å². The monoisotopic (exact) mass is 275 g/mol. The number of hydrogen-bond donors (Lipinski definition) is 2. The van der Waals surface area contributed by atoms with Crippen LogP contribution in [0, 0.1) is 6.92 Å². The lowest BCUT2D eigenvalue weighted by Gasteiger charge is -2.07. The van der Waals surface area contributed by atoms with Gasteiger partial charge in [-0.2, -0.15) is 0 Å². The van der Waals surface area contributed by atoms with Crippen LogP contribution in [0.5, 0.6) is 0 Å². The number of aryl methyl sites for hydroxylation is 2. The Kier molecular flexibility index (Phi) is 4.14. The molecule has 0 saturated carbocycles. The summed E-state index contributed by atoms with van der Waals surface area (Å²) in [5.41, 5.74) is 3.33. The van der Waals surface area contributed by atoms with E-state index in [2.05, 4.69) is 24.6 Å². The van der Waals surface area contributed by atoms with Gasteiger partial charge < -0.3 is 14.8 Å². The summed E-state index contributed by atoms with van der Waals surface area (Å²) in [4.78, 5) is 11.3. The van der Waals surface area contributed by atoms with Gasteiger partial charge in [-0.25, -0.2) is 4.79 Å². The molecule has 108 valence electrons. The molecule has 20 heavy (non-hydrogen) atoms. The molecule has 1 heterocycles. The normalized spacial score (nSPS) is 11.4. The molecule has 0 saturated heterocycles. The van der Waals surface area contributed by atoms with Gasteiger partial charge >= 0.3 is 5.97 Å². The van der Waals surface area contributed by atoms with Gasteiger partial charge in [-0.15, -0.1) is 0 Å². The number of carboxylic acids is 1. The zero-order valence-electron chi connectivity index (χ0n) is 12.2. The number of rotatable bonds is 5. The van der Waals surface area contributed by atoms with Gasteiger partial charge in [-0.05, 0) is 42.5 Å². The minimum Gasteiger partial charge on any atom is -0.478 e. The Morgan fingerprint density at radius 3 is 2.60 bits per heavy atom. The highest BCUT2D eigenvalue weighted by molar-refractivity contribution is 5.96. The van der Waals surface area contributed by atoms with Crippen LogP contribution >= 0.6 is 0 Å². The topological polar surface area (TPSA) is 62.5 Å². The zero-order chi connectivity index (χ0) is 14.9. The third kappa shape index (κ3) is 2.56. The van der Waals surface area contributed by atoms with Crippen LogP contribution in [0.4, 0.5) is 0 Å². The maximum Gasteiger partial charge on any atom is 0.335 e. The second-order valence-electron chi connectivity index (χ2n) is 5.50. The van der Waals surface area contributed by atoms with E-state index in [1.807, 2.05) is 13.0 Å².